The van der Waals surface area contributed by atoms with Gasteiger partial charge in [0.05, 0.1) is 5.01 Å². The maximum absolute atomic E-state index is 6.07. The normalized spacial score (nSPS) is 28.2. The molecular weight excluding hydrogens is 206 g/mol. The highest BCUT2D eigenvalue weighted by Gasteiger charge is 2.23. The highest BCUT2D eigenvalue weighted by molar-refractivity contribution is 7.11. The first-order valence-corrected chi connectivity index (χ1v) is 6.36. The van der Waals surface area contributed by atoms with E-state index in [0.717, 1.165) is 18.1 Å². The lowest BCUT2D eigenvalue weighted by Crippen LogP contribution is -2.46. The topological polar surface area (TPSA) is 42.2 Å². The number of nitrogens with two attached hydrogens (primary N) is 1. The number of aromatic nitrogens is 1. The molecule has 2 heterocycles. The molecule has 15 heavy (non-hydrogen) atoms. The Hall–Kier alpha value is -0.450. The third kappa shape index (κ3) is 2.77. The fourth-order valence-electron chi connectivity index (χ4n) is 2.01. The van der Waals surface area contributed by atoms with Gasteiger partial charge in [0, 0.05) is 30.2 Å². The quantitative estimate of drug-likeness (QED) is 0.831. The van der Waals surface area contributed by atoms with Crippen molar-refractivity contribution < 1.29 is 0 Å². The molecule has 2 atom stereocenters. The number of rotatable bonds is 2. The van der Waals surface area contributed by atoms with Crippen molar-refractivity contribution in [1.29, 1.82) is 0 Å². The second-order valence-corrected chi connectivity index (χ2v) is 5.83. The number of thiazole rings is 1. The largest absolute Gasteiger partial charge is 0.326 e. The minimum atomic E-state index is 0.341. The SMILES string of the molecule is Cc1ncc(CN2CCC(C)C(N)C2)s1. The molecule has 1 aromatic rings. The van der Waals surface area contributed by atoms with Crippen LogP contribution in [-0.2, 0) is 6.54 Å². The van der Waals surface area contributed by atoms with E-state index >= 15 is 0 Å². The van der Waals surface area contributed by atoms with Crippen molar-refractivity contribution in [2.24, 2.45) is 11.7 Å². The summed E-state index contributed by atoms with van der Waals surface area (Å²) >= 11 is 1.79. The number of piperidine rings is 1. The van der Waals surface area contributed by atoms with Crippen molar-refractivity contribution in [2.75, 3.05) is 13.1 Å². The Morgan fingerprint density at radius 2 is 2.47 bits per heavy atom. The van der Waals surface area contributed by atoms with E-state index in [9.17, 15) is 0 Å². The van der Waals surface area contributed by atoms with Crippen molar-refractivity contribution in [2.45, 2.75) is 32.9 Å². The van der Waals surface area contributed by atoms with E-state index in [1.165, 1.54) is 17.8 Å². The van der Waals surface area contributed by atoms with E-state index in [1.807, 2.05) is 6.20 Å². The lowest BCUT2D eigenvalue weighted by molar-refractivity contribution is 0.163. The summed E-state index contributed by atoms with van der Waals surface area (Å²) < 4.78 is 0. The smallest absolute Gasteiger partial charge is 0.0897 e. The molecule has 0 aromatic carbocycles. The van der Waals surface area contributed by atoms with E-state index in [-0.39, 0.29) is 0 Å². The second kappa shape index (κ2) is 4.60. The maximum Gasteiger partial charge on any atom is 0.0897 e. The molecular formula is C11H19N3S. The van der Waals surface area contributed by atoms with Crippen LogP contribution in [0.5, 0.6) is 0 Å². The predicted octanol–water partition coefficient (Wildman–Crippen LogP) is 1.62. The van der Waals surface area contributed by atoms with Crippen LogP contribution in [0.25, 0.3) is 0 Å². The van der Waals surface area contributed by atoms with Gasteiger partial charge in [0.1, 0.15) is 0 Å². The van der Waals surface area contributed by atoms with Gasteiger partial charge in [0.15, 0.2) is 0 Å². The van der Waals surface area contributed by atoms with E-state index in [1.54, 1.807) is 11.3 Å². The van der Waals surface area contributed by atoms with Crippen molar-refractivity contribution >= 4 is 11.3 Å². The Morgan fingerprint density at radius 3 is 3.07 bits per heavy atom. The molecule has 0 aliphatic carbocycles. The first kappa shape index (κ1) is 11.0. The third-order valence-electron chi connectivity index (χ3n) is 3.15. The molecule has 1 saturated heterocycles. The van der Waals surface area contributed by atoms with Crippen LogP contribution < -0.4 is 5.73 Å². The lowest BCUT2D eigenvalue weighted by Gasteiger charge is -2.34. The fraction of sp³-hybridized carbons (Fsp3) is 0.727. The summed E-state index contributed by atoms with van der Waals surface area (Å²) in [6.45, 7) is 7.52. The van der Waals surface area contributed by atoms with Crippen LogP contribution in [0.2, 0.25) is 0 Å². The Labute approximate surface area is 95.3 Å². The molecule has 1 aliphatic heterocycles. The Kier molecular flexibility index (Phi) is 3.38. The van der Waals surface area contributed by atoms with Crippen molar-refractivity contribution in [3.63, 3.8) is 0 Å². The summed E-state index contributed by atoms with van der Waals surface area (Å²) in [5.74, 6) is 0.671. The summed E-state index contributed by atoms with van der Waals surface area (Å²) in [6.07, 6.45) is 3.21. The first-order valence-electron chi connectivity index (χ1n) is 5.54. The first-order chi connectivity index (χ1) is 7.15. The Morgan fingerprint density at radius 1 is 1.67 bits per heavy atom. The molecule has 0 bridgehead atoms. The standard InChI is InChI=1S/C11H19N3S/c1-8-3-4-14(7-11(8)12)6-10-5-13-9(2)15-10/h5,8,11H,3-4,6-7,12H2,1-2H3. The van der Waals surface area contributed by atoms with Crippen LogP contribution in [-0.4, -0.2) is 29.0 Å². The molecule has 0 radical (unpaired) electrons. The number of nitrogens with zero attached hydrogens (tertiary/aromatic N) is 2. The molecule has 0 spiro atoms. The number of hydrogen-bond acceptors (Lipinski definition) is 4. The summed E-state index contributed by atoms with van der Waals surface area (Å²) in [7, 11) is 0. The average Bonchev–Trinajstić information content (AvgIpc) is 2.58. The van der Waals surface area contributed by atoms with Gasteiger partial charge < -0.3 is 5.73 Å². The molecule has 4 heteroatoms. The zero-order chi connectivity index (χ0) is 10.8. The summed E-state index contributed by atoms with van der Waals surface area (Å²) in [5.41, 5.74) is 6.07. The molecule has 3 nitrogen and oxygen atoms in total. The van der Waals surface area contributed by atoms with Gasteiger partial charge in [-0.25, -0.2) is 4.98 Å². The van der Waals surface area contributed by atoms with Crippen LogP contribution in [0.4, 0.5) is 0 Å². The molecule has 2 unspecified atom stereocenters. The van der Waals surface area contributed by atoms with Gasteiger partial charge >= 0.3 is 0 Å². The van der Waals surface area contributed by atoms with Crippen molar-refractivity contribution in [3.05, 3.63) is 16.1 Å². The van der Waals surface area contributed by atoms with Crippen molar-refractivity contribution in [1.82, 2.24) is 9.88 Å². The van der Waals surface area contributed by atoms with Gasteiger partial charge in [-0.05, 0) is 25.8 Å². The van der Waals surface area contributed by atoms with Crippen LogP contribution >= 0.6 is 11.3 Å². The molecule has 2 N–H and O–H groups in total. The molecule has 1 aromatic heterocycles. The van der Waals surface area contributed by atoms with Gasteiger partial charge in [-0.1, -0.05) is 6.92 Å². The molecule has 0 amide bonds. The van der Waals surface area contributed by atoms with Crippen LogP contribution in [0.15, 0.2) is 6.20 Å². The molecule has 2 rings (SSSR count). The van der Waals surface area contributed by atoms with E-state index < -0.39 is 0 Å². The van der Waals surface area contributed by atoms with Gasteiger partial charge in [0.25, 0.3) is 0 Å². The van der Waals surface area contributed by atoms with E-state index in [0.29, 0.717) is 12.0 Å². The minimum absolute atomic E-state index is 0.341. The molecule has 1 fully saturated rings. The van der Waals surface area contributed by atoms with Crippen LogP contribution in [0, 0.1) is 12.8 Å². The van der Waals surface area contributed by atoms with Gasteiger partial charge in [-0.3, -0.25) is 4.90 Å². The highest BCUT2D eigenvalue weighted by Crippen LogP contribution is 2.20. The number of hydrogen-bond donors (Lipinski definition) is 1. The molecule has 0 saturated carbocycles. The van der Waals surface area contributed by atoms with E-state index in [2.05, 4.69) is 23.7 Å². The van der Waals surface area contributed by atoms with Crippen LogP contribution in [0.1, 0.15) is 23.2 Å². The zero-order valence-corrected chi connectivity index (χ0v) is 10.3. The zero-order valence-electron chi connectivity index (χ0n) is 9.44. The third-order valence-corrected chi connectivity index (χ3v) is 4.05. The predicted molar refractivity (Wildman–Crippen MR) is 63.9 cm³/mol. The van der Waals surface area contributed by atoms with Crippen LogP contribution in [0.3, 0.4) is 0 Å². The lowest BCUT2D eigenvalue weighted by atomic mass is 9.94. The van der Waals surface area contributed by atoms with Gasteiger partial charge in [-0.15, -0.1) is 11.3 Å². The van der Waals surface area contributed by atoms with E-state index in [4.69, 9.17) is 5.73 Å². The second-order valence-electron chi connectivity index (χ2n) is 4.51. The number of aryl methyl sites for hydroxylation is 1. The average molecular weight is 225 g/mol. The van der Waals surface area contributed by atoms with Gasteiger partial charge in [-0.2, -0.15) is 0 Å². The monoisotopic (exact) mass is 225 g/mol. The minimum Gasteiger partial charge on any atom is -0.326 e. The Balaban J connectivity index is 1.90. The van der Waals surface area contributed by atoms with Crippen molar-refractivity contribution in [3.8, 4) is 0 Å². The number of likely N-dealkylation sites (tertiary alicyclic amines) is 1. The molecule has 1 aliphatic rings. The summed E-state index contributed by atoms with van der Waals surface area (Å²) in [6, 6.07) is 0.341. The summed E-state index contributed by atoms with van der Waals surface area (Å²) in [5, 5.41) is 1.15. The summed E-state index contributed by atoms with van der Waals surface area (Å²) in [4.78, 5) is 8.07. The van der Waals surface area contributed by atoms with Gasteiger partial charge in [0.2, 0.25) is 0 Å². The maximum atomic E-state index is 6.07. The Bertz CT molecular complexity index is 323. The molecule has 84 valence electrons. The highest BCUT2D eigenvalue weighted by atomic mass is 32.1. The fourth-order valence-corrected chi connectivity index (χ4v) is 2.85.